The van der Waals surface area contributed by atoms with E-state index >= 15 is 0 Å². The molecule has 17 heavy (non-hydrogen) atoms. The highest BCUT2D eigenvalue weighted by atomic mass is 16.7. The molecule has 3 aliphatic carbocycles. The van der Waals surface area contributed by atoms with Crippen molar-refractivity contribution < 1.29 is 9.31 Å². The van der Waals surface area contributed by atoms with Gasteiger partial charge in [0.15, 0.2) is 0 Å². The van der Waals surface area contributed by atoms with Crippen molar-refractivity contribution in [3.8, 4) is 0 Å². The second kappa shape index (κ2) is 3.49. The minimum Gasteiger partial charge on any atom is -0.404 e. The first-order valence-corrected chi connectivity index (χ1v) is 6.98. The molecule has 4 fully saturated rings. The number of hydrogen-bond acceptors (Lipinski definition) is 3. The summed E-state index contributed by atoms with van der Waals surface area (Å²) in [7, 11) is -0.190. The third-order valence-corrected chi connectivity index (χ3v) is 5.79. The first kappa shape index (κ1) is 12.0. The third-order valence-electron chi connectivity index (χ3n) is 5.79. The quantitative estimate of drug-likeness (QED) is 0.747. The van der Waals surface area contributed by atoms with Gasteiger partial charge in [-0.3, -0.25) is 0 Å². The van der Waals surface area contributed by atoms with Crippen LogP contribution in [0, 0.1) is 17.3 Å². The lowest BCUT2D eigenvalue weighted by Crippen LogP contribution is -2.65. The van der Waals surface area contributed by atoms with E-state index in [2.05, 4.69) is 27.7 Å². The molecule has 0 unspecified atom stereocenters. The maximum absolute atomic E-state index is 6.24. The molecule has 1 aliphatic heterocycles. The standard InChI is InChI=1S/C13H24BNO2/c1-5-11(15)14-16-10-7-8-6-9(12(8,2)3)13(10,4)17-14/h8-11H,5-7,15H2,1-4H3/t8-,9-,10+,11-,13-/m0/s1. The summed E-state index contributed by atoms with van der Waals surface area (Å²) in [5, 5.41) is 0. The number of rotatable bonds is 2. The van der Waals surface area contributed by atoms with Gasteiger partial charge in [0, 0.05) is 5.94 Å². The van der Waals surface area contributed by atoms with E-state index < -0.39 is 0 Å². The van der Waals surface area contributed by atoms with E-state index in [0.717, 1.165) is 18.8 Å². The largest absolute Gasteiger partial charge is 0.475 e. The Labute approximate surface area is 105 Å². The van der Waals surface area contributed by atoms with Gasteiger partial charge in [0.25, 0.3) is 0 Å². The van der Waals surface area contributed by atoms with Gasteiger partial charge < -0.3 is 15.0 Å². The Morgan fingerprint density at radius 2 is 2.06 bits per heavy atom. The molecular formula is C13H24BNO2. The second-order valence-corrected chi connectivity index (χ2v) is 6.91. The van der Waals surface area contributed by atoms with Gasteiger partial charge in [-0.25, -0.2) is 0 Å². The molecule has 2 N–H and O–H groups in total. The first-order chi connectivity index (χ1) is 7.89. The lowest BCUT2D eigenvalue weighted by Gasteiger charge is -2.64. The predicted molar refractivity (Wildman–Crippen MR) is 68.4 cm³/mol. The van der Waals surface area contributed by atoms with E-state index in [9.17, 15) is 0 Å². The fraction of sp³-hybridized carbons (Fsp3) is 1.00. The van der Waals surface area contributed by atoms with Crippen molar-refractivity contribution in [1.82, 2.24) is 0 Å². The molecule has 4 heteroatoms. The SMILES string of the molecule is CC[C@H](N)B1O[C@@H]2C[C@@H]3C[C@@H](C3(C)C)[C@]2(C)O1. The van der Waals surface area contributed by atoms with Gasteiger partial charge in [-0.1, -0.05) is 20.8 Å². The molecule has 1 heterocycles. The van der Waals surface area contributed by atoms with Crippen molar-refractivity contribution in [2.24, 2.45) is 23.0 Å². The normalized spacial score (nSPS) is 48.5. The van der Waals surface area contributed by atoms with Gasteiger partial charge in [0.05, 0.1) is 11.7 Å². The average molecular weight is 237 g/mol. The Kier molecular flexibility index (Phi) is 2.46. The van der Waals surface area contributed by atoms with Gasteiger partial charge in [-0.15, -0.1) is 0 Å². The van der Waals surface area contributed by atoms with Crippen LogP contribution in [0.15, 0.2) is 0 Å². The van der Waals surface area contributed by atoms with Crippen LogP contribution in [0.25, 0.3) is 0 Å². The highest BCUT2D eigenvalue weighted by Gasteiger charge is 2.68. The lowest BCUT2D eigenvalue weighted by molar-refractivity contribution is -0.199. The van der Waals surface area contributed by atoms with Crippen LogP contribution < -0.4 is 5.73 Å². The van der Waals surface area contributed by atoms with Crippen LogP contribution in [0.3, 0.4) is 0 Å². The second-order valence-electron chi connectivity index (χ2n) is 6.91. The van der Waals surface area contributed by atoms with Crippen molar-refractivity contribution in [1.29, 1.82) is 0 Å². The van der Waals surface area contributed by atoms with E-state index in [1.54, 1.807) is 0 Å². The Morgan fingerprint density at radius 1 is 1.35 bits per heavy atom. The molecule has 0 amide bonds. The summed E-state index contributed by atoms with van der Waals surface area (Å²) in [5.74, 6) is 1.45. The van der Waals surface area contributed by atoms with E-state index in [1.807, 2.05) is 0 Å². The Balaban J connectivity index is 1.82. The summed E-state index contributed by atoms with van der Waals surface area (Å²) < 4.78 is 12.3. The zero-order chi connectivity index (χ0) is 12.4. The molecule has 3 saturated carbocycles. The molecule has 5 atom stereocenters. The molecule has 0 aromatic heterocycles. The third kappa shape index (κ3) is 1.41. The predicted octanol–water partition coefficient (Wildman–Crippen LogP) is 1.99. The van der Waals surface area contributed by atoms with Crippen LogP contribution in [-0.2, 0) is 9.31 Å². The van der Waals surface area contributed by atoms with Crippen molar-refractivity contribution in [3.63, 3.8) is 0 Å². The Morgan fingerprint density at radius 3 is 2.65 bits per heavy atom. The molecule has 2 bridgehead atoms. The molecule has 0 aromatic carbocycles. The Hall–Kier alpha value is -0.0551. The average Bonchev–Trinajstić information content (AvgIpc) is 2.64. The molecule has 1 saturated heterocycles. The van der Waals surface area contributed by atoms with Gasteiger partial charge in [-0.2, -0.15) is 0 Å². The molecule has 4 rings (SSSR count). The number of hydrogen-bond donors (Lipinski definition) is 1. The first-order valence-electron chi connectivity index (χ1n) is 6.98. The van der Waals surface area contributed by atoms with E-state index in [-0.39, 0.29) is 24.8 Å². The van der Waals surface area contributed by atoms with Gasteiger partial charge in [0.1, 0.15) is 0 Å². The molecule has 0 spiro atoms. The summed E-state index contributed by atoms with van der Waals surface area (Å²) in [6.45, 7) is 9.08. The van der Waals surface area contributed by atoms with Crippen LogP contribution in [0.1, 0.15) is 47.0 Å². The minimum atomic E-state index is -0.190. The van der Waals surface area contributed by atoms with Gasteiger partial charge >= 0.3 is 7.12 Å². The summed E-state index contributed by atoms with van der Waals surface area (Å²) in [6.07, 6.45) is 3.62. The van der Waals surface area contributed by atoms with E-state index in [4.69, 9.17) is 15.0 Å². The maximum atomic E-state index is 6.24. The topological polar surface area (TPSA) is 44.5 Å². The smallest absolute Gasteiger partial charge is 0.404 e. The summed E-state index contributed by atoms with van der Waals surface area (Å²) in [4.78, 5) is 0. The summed E-state index contributed by atoms with van der Waals surface area (Å²) in [5.41, 5.74) is 6.38. The zero-order valence-corrected chi connectivity index (χ0v) is 11.4. The van der Waals surface area contributed by atoms with Gasteiger partial charge in [-0.05, 0) is 43.4 Å². The van der Waals surface area contributed by atoms with Gasteiger partial charge in [0.2, 0.25) is 0 Å². The van der Waals surface area contributed by atoms with Crippen LogP contribution in [0.5, 0.6) is 0 Å². The highest BCUT2D eigenvalue weighted by Crippen LogP contribution is 2.65. The molecule has 96 valence electrons. The van der Waals surface area contributed by atoms with E-state index in [0.29, 0.717) is 11.3 Å². The molecule has 0 radical (unpaired) electrons. The summed E-state index contributed by atoms with van der Waals surface area (Å²) in [6, 6.07) is 0. The minimum absolute atomic E-state index is 0.0118. The van der Waals surface area contributed by atoms with Crippen LogP contribution in [0.4, 0.5) is 0 Å². The lowest BCUT2D eigenvalue weighted by atomic mass is 9.43. The van der Waals surface area contributed by atoms with Crippen molar-refractivity contribution >= 4 is 7.12 Å². The molecule has 4 aliphatic rings. The van der Waals surface area contributed by atoms with E-state index in [1.165, 1.54) is 6.42 Å². The fourth-order valence-corrected chi connectivity index (χ4v) is 4.27. The fourth-order valence-electron chi connectivity index (χ4n) is 4.27. The Bertz CT molecular complexity index is 335. The van der Waals surface area contributed by atoms with Crippen molar-refractivity contribution in [2.75, 3.05) is 0 Å². The summed E-state index contributed by atoms with van der Waals surface area (Å²) >= 11 is 0. The van der Waals surface area contributed by atoms with Crippen LogP contribution in [-0.4, -0.2) is 24.8 Å². The zero-order valence-electron chi connectivity index (χ0n) is 11.4. The number of nitrogens with two attached hydrogens (primary N) is 1. The maximum Gasteiger partial charge on any atom is 0.475 e. The molecular weight excluding hydrogens is 213 g/mol. The van der Waals surface area contributed by atoms with Crippen molar-refractivity contribution in [3.05, 3.63) is 0 Å². The monoisotopic (exact) mass is 237 g/mol. The van der Waals surface area contributed by atoms with Crippen LogP contribution in [0.2, 0.25) is 0 Å². The van der Waals surface area contributed by atoms with Crippen molar-refractivity contribution in [2.45, 2.75) is 64.6 Å². The van der Waals surface area contributed by atoms with Crippen LogP contribution >= 0.6 is 0 Å². The molecule has 0 aromatic rings. The molecule has 3 nitrogen and oxygen atoms in total. The highest BCUT2D eigenvalue weighted by molar-refractivity contribution is 6.47.